The number of fused-ring (bicyclic) bond motifs is 2. The average Bonchev–Trinajstić information content (AvgIpc) is 2.91. The molecule has 4 heteroatoms. The van der Waals surface area contributed by atoms with Gasteiger partial charge in [0.25, 0.3) is 0 Å². The molecule has 0 saturated carbocycles. The zero-order valence-corrected chi connectivity index (χ0v) is 11.6. The summed E-state index contributed by atoms with van der Waals surface area (Å²) < 4.78 is 11.5. The Bertz CT molecular complexity index is 470. The van der Waals surface area contributed by atoms with Crippen LogP contribution in [0.25, 0.3) is 0 Å². The molecule has 0 amide bonds. The van der Waals surface area contributed by atoms with Crippen molar-refractivity contribution in [2.24, 2.45) is 5.73 Å². The summed E-state index contributed by atoms with van der Waals surface area (Å²) in [6.07, 6.45) is 2.55. The molecule has 3 rings (SSSR count). The van der Waals surface area contributed by atoms with Crippen LogP contribution in [0.3, 0.4) is 0 Å². The van der Waals surface area contributed by atoms with Crippen molar-refractivity contribution >= 4 is 11.6 Å². The molecule has 0 spiro atoms. The van der Waals surface area contributed by atoms with Crippen molar-refractivity contribution in [3.05, 3.63) is 21.7 Å². The molecule has 1 aromatic carbocycles. The molecule has 2 aliphatic heterocycles. The SMILES string of the molecule is CC(C)(N)Cc1c2c(c(Cl)c3c1OCC3)OCC2. The van der Waals surface area contributed by atoms with Gasteiger partial charge in [-0.2, -0.15) is 0 Å². The lowest BCUT2D eigenvalue weighted by atomic mass is 9.89. The maximum absolute atomic E-state index is 6.41. The molecule has 0 atom stereocenters. The van der Waals surface area contributed by atoms with Gasteiger partial charge in [-0.05, 0) is 20.3 Å². The Morgan fingerprint density at radius 1 is 1.11 bits per heavy atom. The fourth-order valence-electron chi connectivity index (χ4n) is 2.79. The van der Waals surface area contributed by atoms with Gasteiger partial charge in [0, 0.05) is 35.1 Å². The molecule has 0 aliphatic carbocycles. The number of nitrogens with two attached hydrogens (primary N) is 1. The molecule has 2 heterocycles. The van der Waals surface area contributed by atoms with Crippen LogP contribution in [0.4, 0.5) is 0 Å². The summed E-state index contributed by atoms with van der Waals surface area (Å²) in [4.78, 5) is 0. The summed E-state index contributed by atoms with van der Waals surface area (Å²) in [6, 6.07) is 0. The van der Waals surface area contributed by atoms with Crippen molar-refractivity contribution in [3.8, 4) is 11.5 Å². The maximum Gasteiger partial charge on any atom is 0.142 e. The van der Waals surface area contributed by atoms with Gasteiger partial charge in [0.2, 0.25) is 0 Å². The minimum atomic E-state index is -0.260. The fourth-order valence-corrected chi connectivity index (χ4v) is 3.14. The van der Waals surface area contributed by atoms with Crippen molar-refractivity contribution in [2.45, 2.75) is 38.6 Å². The largest absolute Gasteiger partial charge is 0.493 e. The summed E-state index contributed by atoms with van der Waals surface area (Å²) in [5, 5.41) is 0.744. The molecule has 0 radical (unpaired) electrons. The average molecular weight is 268 g/mol. The summed E-state index contributed by atoms with van der Waals surface area (Å²) in [7, 11) is 0. The van der Waals surface area contributed by atoms with E-state index in [0.717, 1.165) is 41.3 Å². The second-order valence-corrected chi connectivity index (χ2v) is 6.15. The first kappa shape index (κ1) is 12.1. The number of hydrogen-bond acceptors (Lipinski definition) is 3. The number of halogens is 1. The van der Waals surface area contributed by atoms with E-state index in [-0.39, 0.29) is 5.54 Å². The molecule has 2 N–H and O–H groups in total. The van der Waals surface area contributed by atoms with Gasteiger partial charge in [-0.3, -0.25) is 0 Å². The van der Waals surface area contributed by atoms with Gasteiger partial charge in [-0.15, -0.1) is 0 Å². The minimum absolute atomic E-state index is 0.260. The van der Waals surface area contributed by atoms with Crippen LogP contribution in [-0.4, -0.2) is 18.8 Å². The summed E-state index contributed by atoms with van der Waals surface area (Å²) in [5.41, 5.74) is 9.39. The third-order valence-corrected chi connectivity index (χ3v) is 3.88. The lowest BCUT2D eigenvalue weighted by molar-refractivity contribution is 0.349. The first-order valence-electron chi connectivity index (χ1n) is 6.38. The van der Waals surface area contributed by atoms with Crippen LogP contribution in [-0.2, 0) is 19.3 Å². The summed E-state index contributed by atoms with van der Waals surface area (Å²) in [5.74, 6) is 1.82. The van der Waals surface area contributed by atoms with Crippen LogP contribution < -0.4 is 15.2 Å². The first-order chi connectivity index (χ1) is 8.47. The highest BCUT2D eigenvalue weighted by atomic mass is 35.5. The van der Waals surface area contributed by atoms with Gasteiger partial charge in [-0.25, -0.2) is 0 Å². The molecule has 1 aromatic rings. The van der Waals surface area contributed by atoms with Gasteiger partial charge in [-0.1, -0.05) is 11.6 Å². The van der Waals surface area contributed by atoms with Crippen LogP contribution in [0, 0.1) is 0 Å². The van der Waals surface area contributed by atoms with Crippen LogP contribution >= 0.6 is 11.6 Å². The van der Waals surface area contributed by atoms with E-state index >= 15 is 0 Å². The molecule has 18 heavy (non-hydrogen) atoms. The number of ether oxygens (including phenoxy) is 2. The molecular weight excluding hydrogens is 250 g/mol. The Labute approximate surface area is 112 Å². The Kier molecular flexibility index (Phi) is 2.72. The zero-order valence-electron chi connectivity index (χ0n) is 10.8. The van der Waals surface area contributed by atoms with E-state index in [0.29, 0.717) is 13.2 Å². The van der Waals surface area contributed by atoms with E-state index in [1.165, 1.54) is 11.1 Å². The fraction of sp³-hybridized carbons (Fsp3) is 0.571. The van der Waals surface area contributed by atoms with Gasteiger partial charge in [0.1, 0.15) is 11.5 Å². The second kappa shape index (κ2) is 4.04. The predicted octanol–water partition coefficient (Wildman–Crippen LogP) is 2.49. The van der Waals surface area contributed by atoms with E-state index < -0.39 is 0 Å². The zero-order chi connectivity index (χ0) is 12.9. The van der Waals surface area contributed by atoms with Gasteiger partial charge in [0.05, 0.1) is 18.2 Å². The number of hydrogen-bond donors (Lipinski definition) is 1. The monoisotopic (exact) mass is 267 g/mol. The Hall–Kier alpha value is -0.930. The van der Waals surface area contributed by atoms with E-state index in [4.69, 9.17) is 26.8 Å². The van der Waals surface area contributed by atoms with Crippen LogP contribution in [0.5, 0.6) is 11.5 Å². The van der Waals surface area contributed by atoms with Crippen LogP contribution in [0.15, 0.2) is 0 Å². The highest BCUT2D eigenvalue weighted by molar-refractivity contribution is 6.33. The molecule has 0 bridgehead atoms. The quantitative estimate of drug-likeness (QED) is 0.895. The minimum Gasteiger partial charge on any atom is -0.493 e. The van der Waals surface area contributed by atoms with E-state index in [1.807, 2.05) is 13.8 Å². The van der Waals surface area contributed by atoms with Crippen molar-refractivity contribution in [1.29, 1.82) is 0 Å². The molecular formula is C14H18ClNO2. The van der Waals surface area contributed by atoms with Gasteiger partial charge < -0.3 is 15.2 Å². The summed E-state index contributed by atoms with van der Waals surface area (Å²) in [6.45, 7) is 5.47. The Morgan fingerprint density at radius 2 is 1.72 bits per heavy atom. The number of rotatable bonds is 2. The highest BCUT2D eigenvalue weighted by Crippen LogP contribution is 2.47. The van der Waals surface area contributed by atoms with Crippen LogP contribution in [0.2, 0.25) is 5.02 Å². The number of benzene rings is 1. The third kappa shape index (κ3) is 1.86. The van der Waals surface area contributed by atoms with Crippen molar-refractivity contribution in [3.63, 3.8) is 0 Å². The van der Waals surface area contributed by atoms with Gasteiger partial charge >= 0.3 is 0 Å². The lowest BCUT2D eigenvalue weighted by Gasteiger charge is -2.22. The van der Waals surface area contributed by atoms with Crippen molar-refractivity contribution in [2.75, 3.05) is 13.2 Å². The van der Waals surface area contributed by atoms with Crippen molar-refractivity contribution in [1.82, 2.24) is 0 Å². The second-order valence-electron chi connectivity index (χ2n) is 5.77. The van der Waals surface area contributed by atoms with Crippen LogP contribution in [0.1, 0.15) is 30.5 Å². The molecule has 0 fully saturated rings. The standard InChI is InChI=1S/C14H18ClNO2/c1-14(2,16)7-10-8-3-5-18-13(8)11(15)9-4-6-17-12(9)10/h3-7,16H2,1-2H3. The molecule has 98 valence electrons. The summed E-state index contributed by atoms with van der Waals surface area (Å²) >= 11 is 6.41. The highest BCUT2D eigenvalue weighted by Gasteiger charge is 2.32. The molecule has 0 saturated heterocycles. The predicted molar refractivity (Wildman–Crippen MR) is 71.8 cm³/mol. The Balaban J connectivity index is 2.18. The van der Waals surface area contributed by atoms with Gasteiger partial charge in [0.15, 0.2) is 0 Å². The van der Waals surface area contributed by atoms with Crippen molar-refractivity contribution < 1.29 is 9.47 Å². The molecule has 0 unspecified atom stereocenters. The Morgan fingerprint density at radius 3 is 2.39 bits per heavy atom. The van der Waals surface area contributed by atoms with E-state index in [2.05, 4.69) is 0 Å². The normalized spacial score (nSPS) is 17.1. The van der Waals surface area contributed by atoms with E-state index in [9.17, 15) is 0 Å². The topological polar surface area (TPSA) is 44.5 Å². The lowest BCUT2D eigenvalue weighted by Crippen LogP contribution is -2.34. The molecule has 2 aliphatic rings. The first-order valence-corrected chi connectivity index (χ1v) is 6.76. The molecule has 0 aromatic heterocycles. The maximum atomic E-state index is 6.41. The third-order valence-electron chi connectivity index (χ3n) is 3.48. The molecule has 3 nitrogen and oxygen atoms in total. The smallest absolute Gasteiger partial charge is 0.142 e. The van der Waals surface area contributed by atoms with E-state index in [1.54, 1.807) is 0 Å².